The number of sulfonamides is 1. The quantitative estimate of drug-likeness (QED) is 0.753. The van der Waals surface area contributed by atoms with Crippen LogP contribution in [0.3, 0.4) is 0 Å². The Hall–Kier alpha value is -2.71. The Bertz CT molecular complexity index is 986. The van der Waals surface area contributed by atoms with Crippen molar-refractivity contribution in [1.82, 2.24) is 9.62 Å². The number of hydrogen-bond acceptors (Lipinski definition) is 5. The van der Waals surface area contributed by atoms with Crippen molar-refractivity contribution in [1.29, 1.82) is 0 Å². The van der Waals surface area contributed by atoms with E-state index in [-0.39, 0.29) is 29.5 Å². The molecule has 2 aromatic rings. The third-order valence-corrected chi connectivity index (χ3v) is 6.93. The highest BCUT2D eigenvalue weighted by Gasteiger charge is 2.27. The van der Waals surface area contributed by atoms with Crippen LogP contribution in [0.25, 0.3) is 0 Å². The van der Waals surface area contributed by atoms with Crippen LogP contribution in [0.15, 0.2) is 64.6 Å². The highest BCUT2D eigenvalue weighted by atomic mass is 32.2. The SMILES string of the molecule is CC(C)N(C)S(=O)(=O)c1ccc(CNC(=O)C2=NOC(c3ccccc3)C2)cc1. The fourth-order valence-electron chi connectivity index (χ4n) is 2.87. The van der Waals surface area contributed by atoms with Gasteiger partial charge in [0, 0.05) is 26.1 Å². The van der Waals surface area contributed by atoms with Gasteiger partial charge in [-0.05, 0) is 37.1 Å². The lowest BCUT2D eigenvalue weighted by molar-refractivity contribution is -0.115. The first-order chi connectivity index (χ1) is 13.8. The normalized spacial score (nSPS) is 16.6. The minimum Gasteiger partial charge on any atom is -0.387 e. The molecular formula is C21H25N3O4S. The van der Waals surface area contributed by atoms with Crippen LogP contribution in [0, 0.1) is 0 Å². The molecule has 1 atom stereocenters. The maximum Gasteiger partial charge on any atom is 0.269 e. The van der Waals surface area contributed by atoms with E-state index in [0.29, 0.717) is 12.1 Å². The summed E-state index contributed by atoms with van der Waals surface area (Å²) < 4.78 is 26.3. The predicted octanol–water partition coefficient (Wildman–Crippen LogP) is 2.85. The van der Waals surface area contributed by atoms with E-state index < -0.39 is 10.0 Å². The van der Waals surface area contributed by atoms with Crippen LogP contribution < -0.4 is 5.32 Å². The Morgan fingerprint density at radius 3 is 2.45 bits per heavy atom. The molecule has 1 aliphatic rings. The lowest BCUT2D eigenvalue weighted by Gasteiger charge is -2.21. The maximum atomic E-state index is 12.5. The molecule has 1 aliphatic heterocycles. The topological polar surface area (TPSA) is 88.1 Å². The zero-order valence-electron chi connectivity index (χ0n) is 16.7. The van der Waals surface area contributed by atoms with Gasteiger partial charge in [-0.15, -0.1) is 0 Å². The molecule has 0 aromatic heterocycles. The molecule has 29 heavy (non-hydrogen) atoms. The summed E-state index contributed by atoms with van der Waals surface area (Å²) in [7, 11) is -1.96. The number of carbonyl (C=O) groups excluding carboxylic acids is 1. The summed E-state index contributed by atoms with van der Waals surface area (Å²) in [4.78, 5) is 18.0. The zero-order chi connectivity index (χ0) is 21.0. The zero-order valence-corrected chi connectivity index (χ0v) is 17.5. The molecule has 7 nitrogen and oxygen atoms in total. The van der Waals surface area contributed by atoms with E-state index in [1.54, 1.807) is 31.3 Å². The molecule has 0 aliphatic carbocycles. The standard InChI is InChI=1S/C21H25N3O4S/c1-15(2)24(3)29(26,27)18-11-9-16(10-12-18)14-22-21(25)19-13-20(28-23-19)17-7-5-4-6-8-17/h4-12,15,20H,13-14H2,1-3H3,(H,22,25). The molecule has 0 spiro atoms. The molecule has 0 saturated heterocycles. The smallest absolute Gasteiger partial charge is 0.269 e. The van der Waals surface area contributed by atoms with Crippen molar-refractivity contribution in [2.75, 3.05) is 7.05 Å². The van der Waals surface area contributed by atoms with Crippen LogP contribution in [-0.2, 0) is 26.2 Å². The Morgan fingerprint density at radius 2 is 1.83 bits per heavy atom. The van der Waals surface area contributed by atoms with Crippen LogP contribution >= 0.6 is 0 Å². The van der Waals surface area contributed by atoms with Gasteiger partial charge in [0.15, 0.2) is 6.10 Å². The van der Waals surface area contributed by atoms with E-state index in [0.717, 1.165) is 11.1 Å². The number of hydrogen-bond donors (Lipinski definition) is 1. The molecule has 0 radical (unpaired) electrons. The fourth-order valence-corrected chi connectivity index (χ4v) is 4.23. The molecule has 3 rings (SSSR count). The van der Waals surface area contributed by atoms with Crippen LogP contribution in [-0.4, -0.2) is 37.4 Å². The van der Waals surface area contributed by atoms with Crippen molar-refractivity contribution in [3.8, 4) is 0 Å². The average molecular weight is 416 g/mol. The monoisotopic (exact) mass is 415 g/mol. The minimum atomic E-state index is -3.52. The molecular weight excluding hydrogens is 390 g/mol. The Morgan fingerprint density at radius 1 is 1.17 bits per heavy atom. The molecule has 154 valence electrons. The van der Waals surface area contributed by atoms with Gasteiger partial charge >= 0.3 is 0 Å². The summed E-state index contributed by atoms with van der Waals surface area (Å²) in [6.45, 7) is 3.91. The second-order valence-electron chi connectivity index (χ2n) is 7.19. The second-order valence-corrected chi connectivity index (χ2v) is 9.19. The predicted molar refractivity (Wildman–Crippen MR) is 111 cm³/mol. The lowest BCUT2D eigenvalue weighted by Crippen LogP contribution is -2.33. The molecule has 2 aromatic carbocycles. The number of nitrogens with zero attached hydrogens (tertiary/aromatic N) is 2. The summed E-state index contributed by atoms with van der Waals surface area (Å²) >= 11 is 0. The highest BCUT2D eigenvalue weighted by molar-refractivity contribution is 7.89. The van der Waals surface area contributed by atoms with Gasteiger partial charge in [0.05, 0.1) is 4.90 Å². The second kappa shape index (κ2) is 8.75. The van der Waals surface area contributed by atoms with E-state index in [2.05, 4.69) is 10.5 Å². The molecule has 1 amide bonds. The van der Waals surface area contributed by atoms with E-state index >= 15 is 0 Å². The first kappa shape index (κ1) is 21.0. The van der Waals surface area contributed by atoms with Crippen LogP contribution in [0.4, 0.5) is 0 Å². The Kier molecular flexibility index (Phi) is 6.34. The third-order valence-electron chi connectivity index (χ3n) is 4.88. The van der Waals surface area contributed by atoms with Gasteiger partial charge in [-0.25, -0.2) is 8.42 Å². The van der Waals surface area contributed by atoms with Gasteiger partial charge in [-0.3, -0.25) is 4.79 Å². The molecule has 0 saturated carbocycles. The molecule has 0 bridgehead atoms. The minimum absolute atomic E-state index is 0.131. The van der Waals surface area contributed by atoms with E-state index in [4.69, 9.17) is 4.84 Å². The lowest BCUT2D eigenvalue weighted by atomic mass is 10.0. The highest BCUT2D eigenvalue weighted by Crippen LogP contribution is 2.27. The van der Waals surface area contributed by atoms with Crippen molar-refractivity contribution in [2.45, 2.75) is 43.9 Å². The Labute approximate surface area is 171 Å². The van der Waals surface area contributed by atoms with Gasteiger partial charge in [-0.1, -0.05) is 47.6 Å². The number of benzene rings is 2. The molecule has 0 fully saturated rings. The van der Waals surface area contributed by atoms with Crippen molar-refractivity contribution < 1.29 is 18.0 Å². The summed E-state index contributed by atoms with van der Waals surface area (Å²) in [6.07, 6.45) is 0.161. The molecule has 1 N–H and O–H groups in total. The average Bonchev–Trinajstić information content (AvgIpc) is 3.22. The van der Waals surface area contributed by atoms with E-state index in [9.17, 15) is 13.2 Å². The number of nitrogens with one attached hydrogen (secondary N) is 1. The summed E-state index contributed by atoms with van der Waals surface area (Å²) in [6, 6.07) is 16.0. The van der Waals surface area contributed by atoms with Crippen LogP contribution in [0.1, 0.15) is 37.5 Å². The van der Waals surface area contributed by atoms with Crippen molar-refractivity contribution in [3.63, 3.8) is 0 Å². The largest absolute Gasteiger partial charge is 0.387 e. The van der Waals surface area contributed by atoms with Crippen molar-refractivity contribution >= 4 is 21.6 Å². The molecule has 8 heteroatoms. The first-order valence-electron chi connectivity index (χ1n) is 9.42. The number of oxime groups is 1. The van der Waals surface area contributed by atoms with Gasteiger partial charge in [0.1, 0.15) is 5.71 Å². The van der Waals surface area contributed by atoms with Crippen LogP contribution in [0.2, 0.25) is 0 Å². The maximum absolute atomic E-state index is 12.5. The summed E-state index contributed by atoms with van der Waals surface area (Å²) in [5.74, 6) is -0.292. The molecule has 1 heterocycles. The molecule has 1 unspecified atom stereocenters. The number of rotatable bonds is 7. The van der Waals surface area contributed by atoms with Gasteiger partial charge in [0.25, 0.3) is 5.91 Å². The van der Waals surface area contributed by atoms with Crippen molar-refractivity contribution in [3.05, 3.63) is 65.7 Å². The fraction of sp³-hybridized carbons (Fsp3) is 0.333. The van der Waals surface area contributed by atoms with Crippen LogP contribution in [0.5, 0.6) is 0 Å². The van der Waals surface area contributed by atoms with E-state index in [1.807, 2.05) is 44.2 Å². The van der Waals surface area contributed by atoms with Gasteiger partial charge in [-0.2, -0.15) is 4.31 Å². The number of carbonyl (C=O) groups is 1. The number of amides is 1. The first-order valence-corrected chi connectivity index (χ1v) is 10.9. The van der Waals surface area contributed by atoms with Crippen molar-refractivity contribution in [2.24, 2.45) is 5.16 Å². The Balaban J connectivity index is 1.56. The summed E-state index contributed by atoms with van der Waals surface area (Å²) in [5.41, 5.74) is 2.11. The van der Waals surface area contributed by atoms with Gasteiger partial charge in [0.2, 0.25) is 10.0 Å². The third kappa shape index (κ3) is 4.83. The summed E-state index contributed by atoms with van der Waals surface area (Å²) in [5, 5.41) is 6.71. The van der Waals surface area contributed by atoms with E-state index in [1.165, 1.54) is 4.31 Å². The van der Waals surface area contributed by atoms with Gasteiger partial charge < -0.3 is 10.2 Å².